The van der Waals surface area contributed by atoms with Gasteiger partial charge in [0, 0.05) is 49.4 Å². The number of aromatic nitrogens is 2. The lowest BCUT2D eigenvalue weighted by Crippen LogP contribution is -2.35. The number of benzene rings is 2. The fourth-order valence-electron chi connectivity index (χ4n) is 6.27. The van der Waals surface area contributed by atoms with E-state index >= 15 is 0 Å². The third kappa shape index (κ3) is 7.57. The molecule has 1 aliphatic heterocycles. The lowest BCUT2D eigenvalue weighted by atomic mass is 9.95. The maximum Gasteiger partial charge on any atom is 0.258 e. The molecule has 2 aromatic carbocycles. The summed E-state index contributed by atoms with van der Waals surface area (Å²) in [6, 6.07) is 17.1. The highest BCUT2D eigenvalue weighted by Crippen LogP contribution is 2.43. The Morgan fingerprint density at radius 1 is 1.04 bits per heavy atom. The molecule has 2 atom stereocenters. The maximum absolute atomic E-state index is 13.3. The Labute approximate surface area is 290 Å². The molecule has 2 aromatic heterocycles. The Balaban J connectivity index is 1.17. The molecular formula is C36H38Cl2N6O4. The molecule has 250 valence electrons. The minimum Gasteiger partial charge on any atom is -0.481 e. The van der Waals surface area contributed by atoms with Crippen molar-refractivity contribution in [2.75, 3.05) is 33.1 Å². The fourth-order valence-corrected chi connectivity index (χ4v) is 6.81. The van der Waals surface area contributed by atoms with Crippen LogP contribution in [0.15, 0.2) is 60.8 Å². The van der Waals surface area contributed by atoms with E-state index in [-0.39, 0.29) is 24.0 Å². The SMILES string of the molecule is COc1nc(O[C@H]2CCc3c(-c4cccc(C(=O)Nc5ccc(CN(C)C)cn5)c4Cl)cccc32)c(Cl)cc1CNC[C@@H]1CCC(=O)N1. The topological polar surface area (TPSA) is 118 Å². The van der Waals surface area contributed by atoms with Gasteiger partial charge in [-0.3, -0.25) is 9.59 Å². The normalized spacial score (nSPS) is 16.9. The number of methoxy groups -OCH3 is 1. The monoisotopic (exact) mass is 688 g/mol. The molecule has 6 rings (SSSR count). The van der Waals surface area contributed by atoms with Gasteiger partial charge in [-0.15, -0.1) is 0 Å². The first-order valence-corrected chi connectivity index (χ1v) is 16.7. The summed E-state index contributed by atoms with van der Waals surface area (Å²) in [7, 11) is 5.55. The molecular weight excluding hydrogens is 651 g/mol. The van der Waals surface area contributed by atoms with E-state index in [9.17, 15) is 9.59 Å². The molecule has 0 spiro atoms. The second kappa shape index (κ2) is 14.9. The Hall–Kier alpha value is -4.22. The van der Waals surface area contributed by atoms with Crippen molar-refractivity contribution in [3.63, 3.8) is 0 Å². The zero-order valence-electron chi connectivity index (χ0n) is 27.1. The molecule has 10 nitrogen and oxygen atoms in total. The van der Waals surface area contributed by atoms with Gasteiger partial charge in [-0.1, -0.05) is 59.6 Å². The molecule has 2 amide bonds. The van der Waals surface area contributed by atoms with Crippen LogP contribution in [0.3, 0.4) is 0 Å². The van der Waals surface area contributed by atoms with Crippen LogP contribution in [-0.2, 0) is 24.3 Å². The number of hydrogen-bond acceptors (Lipinski definition) is 8. The average molecular weight is 690 g/mol. The van der Waals surface area contributed by atoms with Crippen molar-refractivity contribution in [3.8, 4) is 22.9 Å². The van der Waals surface area contributed by atoms with Gasteiger partial charge in [-0.05, 0) is 73.8 Å². The first kappa shape index (κ1) is 33.7. The zero-order chi connectivity index (χ0) is 33.8. The van der Waals surface area contributed by atoms with Crippen molar-refractivity contribution >= 4 is 40.8 Å². The molecule has 0 unspecified atom stereocenters. The summed E-state index contributed by atoms with van der Waals surface area (Å²) in [5.41, 5.74) is 6.04. The van der Waals surface area contributed by atoms with Gasteiger partial charge >= 0.3 is 0 Å². The van der Waals surface area contributed by atoms with Gasteiger partial charge in [0.15, 0.2) is 0 Å². The number of carbonyl (C=O) groups excluding carboxylic acids is 2. The largest absolute Gasteiger partial charge is 0.481 e. The highest BCUT2D eigenvalue weighted by Gasteiger charge is 2.29. The number of nitrogens with one attached hydrogen (secondary N) is 3. The van der Waals surface area contributed by atoms with E-state index in [0.717, 1.165) is 59.2 Å². The number of nitrogens with zero attached hydrogens (tertiary/aromatic N) is 3. The second-order valence-electron chi connectivity index (χ2n) is 12.3. The molecule has 48 heavy (non-hydrogen) atoms. The molecule has 3 N–H and O–H groups in total. The standard InChI is InChI=1S/C36H38Cl2N6O4/c1-44(2)20-21-10-14-31(40-17-21)42-34(46)28-9-5-8-27(33(28)38)24-6-4-7-26-25(24)12-13-30(26)48-36-29(37)16-22(35(43-36)47-3)18-39-19-23-11-15-32(45)41-23/h4-10,14,16-17,23,30,39H,11-13,15,18-20H2,1-3H3,(H,41,45)(H,40,42,46)/t23-,30-/m0/s1. The highest BCUT2D eigenvalue weighted by atomic mass is 35.5. The van der Waals surface area contributed by atoms with E-state index < -0.39 is 0 Å². The van der Waals surface area contributed by atoms with Crippen LogP contribution in [0.5, 0.6) is 11.8 Å². The van der Waals surface area contributed by atoms with E-state index in [2.05, 4.69) is 30.8 Å². The molecule has 4 aromatic rings. The minimum atomic E-state index is -0.331. The van der Waals surface area contributed by atoms with Crippen LogP contribution in [0.4, 0.5) is 5.82 Å². The summed E-state index contributed by atoms with van der Waals surface area (Å²) in [5.74, 6) is 0.926. The smallest absolute Gasteiger partial charge is 0.258 e. The summed E-state index contributed by atoms with van der Waals surface area (Å²) in [4.78, 5) is 35.8. The van der Waals surface area contributed by atoms with Crippen LogP contribution >= 0.6 is 23.2 Å². The van der Waals surface area contributed by atoms with Crippen LogP contribution in [-0.4, -0.2) is 60.5 Å². The number of halogens is 2. The number of hydrogen-bond donors (Lipinski definition) is 3. The van der Waals surface area contributed by atoms with Crippen molar-refractivity contribution in [2.24, 2.45) is 0 Å². The number of pyridine rings is 2. The third-order valence-corrected chi connectivity index (χ3v) is 9.21. The second-order valence-corrected chi connectivity index (χ2v) is 13.1. The van der Waals surface area contributed by atoms with Crippen molar-refractivity contribution in [3.05, 3.63) is 98.7 Å². The van der Waals surface area contributed by atoms with E-state index in [1.165, 1.54) is 0 Å². The molecule has 2 aliphatic rings. The number of rotatable bonds is 12. The summed E-state index contributed by atoms with van der Waals surface area (Å²) in [6.45, 7) is 1.88. The first-order chi connectivity index (χ1) is 23.2. The minimum absolute atomic E-state index is 0.0845. The van der Waals surface area contributed by atoms with Crippen molar-refractivity contribution in [1.82, 2.24) is 25.5 Å². The van der Waals surface area contributed by atoms with Gasteiger partial charge in [0.2, 0.25) is 17.7 Å². The molecule has 1 aliphatic carbocycles. The third-order valence-electron chi connectivity index (χ3n) is 8.54. The Morgan fingerprint density at radius 3 is 2.58 bits per heavy atom. The van der Waals surface area contributed by atoms with Crippen molar-refractivity contribution < 1.29 is 19.1 Å². The van der Waals surface area contributed by atoms with Gasteiger partial charge in [0.1, 0.15) is 16.9 Å². The van der Waals surface area contributed by atoms with Crippen molar-refractivity contribution in [1.29, 1.82) is 0 Å². The van der Waals surface area contributed by atoms with Gasteiger partial charge in [0.05, 0.1) is 17.7 Å². The molecule has 0 bridgehead atoms. The molecule has 1 saturated heterocycles. The van der Waals surface area contributed by atoms with Crippen molar-refractivity contribution in [2.45, 2.75) is 50.9 Å². The lowest BCUT2D eigenvalue weighted by molar-refractivity contribution is -0.119. The van der Waals surface area contributed by atoms with Gasteiger partial charge in [-0.2, -0.15) is 4.98 Å². The number of anilines is 1. The maximum atomic E-state index is 13.3. The van der Waals surface area contributed by atoms with Crippen LogP contribution in [0.1, 0.15) is 58.0 Å². The predicted octanol–water partition coefficient (Wildman–Crippen LogP) is 6.21. The average Bonchev–Trinajstić information content (AvgIpc) is 3.68. The number of ether oxygens (including phenoxy) is 2. The fraction of sp³-hybridized carbons (Fsp3) is 0.333. The summed E-state index contributed by atoms with van der Waals surface area (Å²) < 4.78 is 12.0. The molecule has 0 radical (unpaired) electrons. The summed E-state index contributed by atoms with van der Waals surface area (Å²) in [5, 5.41) is 9.93. The molecule has 1 fully saturated rings. The van der Waals surface area contributed by atoms with Crippen LogP contribution in [0.25, 0.3) is 11.1 Å². The van der Waals surface area contributed by atoms with E-state index in [1.54, 1.807) is 31.5 Å². The Morgan fingerprint density at radius 2 is 1.85 bits per heavy atom. The number of amides is 2. The van der Waals surface area contributed by atoms with E-state index in [4.69, 9.17) is 32.7 Å². The van der Waals surface area contributed by atoms with E-state index in [1.807, 2.05) is 50.5 Å². The summed E-state index contributed by atoms with van der Waals surface area (Å²) in [6.07, 6.45) is 4.32. The number of carbonyl (C=O) groups is 2. The zero-order valence-corrected chi connectivity index (χ0v) is 28.6. The van der Waals surface area contributed by atoms with Crippen LogP contribution in [0, 0.1) is 0 Å². The lowest BCUT2D eigenvalue weighted by Gasteiger charge is -2.18. The quantitative estimate of drug-likeness (QED) is 0.161. The Kier molecular flexibility index (Phi) is 10.5. The summed E-state index contributed by atoms with van der Waals surface area (Å²) >= 11 is 13.6. The molecule has 3 heterocycles. The molecule has 0 saturated carbocycles. The van der Waals surface area contributed by atoms with E-state index in [0.29, 0.717) is 52.7 Å². The van der Waals surface area contributed by atoms with Gasteiger partial charge in [0.25, 0.3) is 5.91 Å². The predicted molar refractivity (Wildman–Crippen MR) is 187 cm³/mol. The Bertz CT molecular complexity index is 1820. The first-order valence-electron chi connectivity index (χ1n) is 15.9. The van der Waals surface area contributed by atoms with Gasteiger partial charge < -0.3 is 30.3 Å². The number of fused-ring (bicyclic) bond motifs is 1. The van der Waals surface area contributed by atoms with Gasteiger partial charge in [-0.25, -0.2) is 4.98 Å². The van der Waals surface area contributed by atoms with Crippen LogP contribution in [0.2, 0.25) is 10.0 Å². The molecule has 12 heteroatoms. The highest BCUT2D eigenvalue weighted by molar-refractivity contribution is 6.37. The van der Waals surface area contributed by atoms with Crippen LogP contribution < -0.4 is 25.4 Å².